The molecule has 0 aliphatic heterocycles. The summed E-state index contributed by atoms with van der Waals surface area (Å²) in [6.45, 7) is 4.07. The highest BCUT2D eigenvalue weighted by Crippen LogP contribution is 1.81. The molecule has 92 valence electrons. The Kier molecular flexibility index (Phi) is 17.2. The van der Waals surface area contributed by atoms with Crippen molar-refractivity contribution in [3.63, 3.8) is 0 Å². The van der Waals surface area contributed by atoms with Gasteiger partial charge in [0.05, 0.1) is 6.61 Å². The fraction of sp³-hybridized carbons (Fsp3) is 0.462. The van der Waals surface area contributed by atoms with Gasteiger partial charge >= 0.3 is 5.97 Å². The van der Waals surface area contributed by atoms with E-state index in [0.717, 1.165) is 0 Å². The number of methoxy groups -OCH3 is 1. The third kappa shape index (κ3) is 18.4. The highest BCUT2D eigenvalue weighted by Gasteiger charge is 1.91. The van der Waals surface area contributed by atoms with E-state index in [9.17, 15) is 4.79 Å². The van der Waals surface area contributed by atoms with Gasteiger partial charge in [0.25, 0.3) is 0 Å². The predicted octanol–water partition coefficient (Wildman–Crippen LogP) is 2.91. The van der Waals surface area contributed by atoms with Gasteiger partial charge in [0.15, 0.2) is 0 Å². The van der Waals surface area contributed by atoms with Gasteiger partial charge in [-0.3, -0.25) is 4.79 Å². The van der Waals surface area contributed by atoms with Gasteiger partial charge in [-0.2, -0.15) is 0 Å². The topological polar surface area (TPSA) is 35.5 Å². The zero-order valence-electron chi connectivity index (χ0n) is 10.6. The average molecular weight is 226 g/mol. The van der Waals surface area contributed by atoms with Gasteiger partial charge in [-0.1, -0.05) is 43.3 Å². The van der Waals surface area contributed by atoms with Crippen molar-refractivity contribution in [1.29, 1.82) is 0 Å². The summed E-state index contributed by atoms with van der Waals surface area (Å²) in [6.07, 6.45) is 0.480. The SMILES string of the molecule is CCOC(=O)CC.COC.c1ccccc1. The molecule has 0 fully saturated rings. The van der Waals surface area contributed by atoms with Crippen molar-refractivity contribution in [2.75, 3.05) is 20.8 Å². The molecule has 0 spiro atoms. The summed E-state index contributed by atoms with van der Waals surface area (Å²) >= 11 is 0. The van der Waals surface area contributed by atoms with Crippen molar-refractivity contribution in [1.82, 2.24) is 0 Å². The molecule has 0 heterocycles. The highest BCUT2D eigenvalue weighted by molar-refractivity contribution is 5.68. The smallest absolute Gasteiger partial charge is 0.305 e. The Morgan fingerprint density at radius 3 is 1.38 bits per heavy atom. The second-order valence-corrected chi connectivity index (χ2v) is 2.72. The minimum absolute atomic E-state index is 0.123. The molecular weight excluding hydrogens is 204 g/mol. The molecule has 0 aromatic heterocycles. The van der Waals surface area contributed by atoms with Crippen LogP contribution in [-0.2, 0) is 14.3 Å². The van der Waals surface area contributed by atoms with E-state index in [1.54, 1.807) is 28.1 Å². The van der Waals surface area contributed by atoms with E-state index in [4.69, 9.17) is 0 Å². The molecule has 0 atom stereocenters. The third-order valence-corrected chi connectivity index (χ3v) is 1.26. The molecule has 1 aromatic rings. The van der Waals surface area contributed by atoms with E-state index in [2.05, 4.69) is 9.47 Å². The van der Waals surface area contributed by atoms with Crippen LogP contribution in [0.3, 0.4) is 0 Å². The van der Waals surface area contributed by atoms with Gasteiger partial charge in [-0.25, -0.2) is 0 Å². The summed E-state index contributed by atoms with van der Waals surface area (Å²) in [4.78, 5) is 10.2. The molecular formula is C13H22O3. The van der Waals surface area contributed by atoms with Crippen LogP contribution in [0.25, 0.3) is 0 Å². The maximum absolute atomic E-state index is 10.2. The molecule has 0 amide bonds. The number of carbonyl (C=O) groups is 1. The number of rotatable bonds is 2. The van der Waals surface area contributed by atoms with Crippen molar-refractivity contribution in [2.24, 2.45) is 0 Å². The summed E-state index contributed by atoms with van der Waals surface area (Å²) < 4.78 is 8.80. The molecule has 0 radical (unpaired) electrons. The molecule has 0 aliphatic rings. The summed E-state index contributed by atoms with van der Waals surface area (Å²) in [6, 6.07) is 12.0. The van der Waals surface area contributed by atoms with Crippen molar-refractivity contribution in [3.05, 3.63) is 36.4 Å². The lowest BCUT2D eigenvalue weighted by Gasteiger charge is -1.93. The number of benzene rings is 1. The van der Waals surface area contributed by atoms with Gasteiger partial charge < -0.3 is 9.47 Å². The molecule has 1 rings (SSSR count). The van der Waals surface area contributed by atoms with Gasteiger partial charge in [-0.05, 0) is 6.92 Å². The van der Waals surface area contributed by atoms with E-state index in [0.29, 0.717) is 13.0 Å². The highest BCUT2D eigenvalue weighted by atomic mass is 16.5. The molecule has 0 saturated heterocycles. The summed E-state index contributed by atoms with van der Waals surface area (Å²) in [7, 11) is 3.25. The summed E-state index contributed by atoms with van der Waals surface area (Å²) in [5.41, 5.74) is 0. The fourth-order valence-electron chi connectivity index (χ4n) is 0.648. The van der Waals surface area contributed by atoms with E-state index >= 15 is 0 Å². The Labute approximate surface area is 98.4 Å². The first-order valence-electron chi connectivity index (χ1n) is 5.28. The van der Waals surface area contributed by atoms with E-state index < -0.39 is 0 Å². The van der Waals surface area contributed by atoms with Crippen molar-refractivity contribution >= 4 is 5.97 Å². The van der Waals surface area contributed by atoms with Crippen LogP contribution in [0.2, 0.25) is 0 Å². The molecule has 3 nitrogen and oxygen atoms in total. The Morgan fingerprint density at radius 1 is 0.938 bits per heavy atom. The molecule has 0 aliphatic carbocycles. The standard InChI is InChI=1S/C6H6.C5H10O2.C2H6O/c1-2-4-6-5-3-1;1-3-5(6)7-4-2;1-3-2/h1-6H;3-4H2,1-2H3;1-2H3. The number of hydrogen-bond donors (Lipinski definition) is 0. The average Bonchev–Trinajstić information content (AvgIpc) is 2.33. The lowest BCUT2D eigenvalue weighted by molar-refractivity contribution is -0.142. The van der Waals surface area contributed by atoms with Crippen LogP contribution in [0.15, 0.2) is 36.4 Å². The Hall–Kier alpha value is -1.35. The third-order valence-electron chi connectivity index (χ3n) is 1.26. The van der Waals surface area contributed by atoms with Crippen LogP contribution >= 0.6 is 0 Å². The van der Waals surface area contributed by atoms with E-state index in [1.165, 1.54) is 0 Å². The fourth-order valence-corrected chi connectivity index (χ4v) is 0.648. The summed E-state index contributed by atoms with van der Waals surface area (Å²) in [5, 5.41) is 0. The number of ether oxygens (including phenoxy) is 2. The predicted molar refractivity (Wildman–Crippen MR) is 66.3 cm³/mol. The minimum Gasteiger partial charge on any atom is -0.466 e. The second kappa shape index (κ2) is 16.1. The molecule has 0 saturated carbocycles. The Morgan fingerprint density at radius 2 is 1.25 bits per heavy atom. The first-order valence-corrected chi connectivity index (χ1v) is 5.28. The largest absolute Gasteiger partial charge is 0.466 e. The summed E-state index contributed by atoms with van der Waals surface area (Å²) in [5.74, 6) is -0.123. The quantitative estimate of drug-likeness (QED) is 0.727. The van der Waals surface area contributed by atoms with E-state index in [1.807, 2.05) is 36.4 Å². The van der Waals surface area contributed by atoms with Crippen molar-refractivity contribution in [3.8, 4) is 0 Å². The van der Waals surface area contributed by atoms with E-state index in [-0.39, 0.29) is 5.97 Å². The number of esters is 1. The van der Waals surface area contributed by atoms with Crippen LogP contribution in [-0.4, -0.2) is 26.8 Å². The molecule has 0 unspecified atom stereocenters. The monoisotopic (exact) mass is 226 g/mol. The molecule has 0 bridgehead atoms. The van der Waals surface area contributed by atoms with Crippen LogP contribution in [0, 0.1) is 0 Å². The maximum Gasteiger partial charge on any atom is 0.305 e. The first-order chi connectivity index (χ1) is 7.72. The normalized spacial score (nSPS) is 7.75. The molecule has 16 heavy (non-hydrogen) atoms. The lowest BCUT2D eigenvalue weighted by Crippen LogP contribution is -2.00. The van der Waals surface area contributed by atoms with Gasteiger partial charge in [-0.15, -0.1) is 0 Å². The number of hydrogen-bond acceptors (Lipinski definition) is 3. The first kappa shape index (κ1) is 17.1. The van der Waals surface area contributed by atoms with Gasteiger partial charge in [0.2, 0.25) is 0 Å². The van der Waals surface area contributed by atoms with Crippen LogP contribution in [0.5, 0.6) is 0 Å². The Bertz CT molecular complexity index is 195. The maximum atomic E-state index is 10.2. The van der Waals surface area contributed by atoms with Gasteiger partial charge in [0, 0.05) is 20.6 Å². The Balaban J connectivity index is 0. The van der Waals surface area contributed by atoms with Crippen LogP contribution in [0.1, 0.15) is 20.3 Å². The number of carbonyl (C=O) groups excluding carboxylic acids is 1. The lowest BCUT2D eigenvalue weighted by atomic mass is 10.4. The molecule has 1 aromatic carbocycles. The van der Waals surface area contributed by atoms with Crippen molar-refractivity contribution < 1.29 is 14.3 Å². The van der Waals surface area contributed by atoms with Crippen LogP contribution < -0.4 is 0 Å². The molecule has 3 heteroatoms. The molecule has 0 N–H and O–H groups in total. The van der Waals surface area contributed by atoms with Crippen LogP contribution in [0.4, 0.5) is 0 Å². The minimum atomic E-state index is -0.123. The zero-order chi connectivity index (χ0) is 12.6. The van der Waals surface area contributed by atoms with Gasteiger partial charge in [0.1, 0.15) is 0 Å². The van der Waals surface area contributed by atoms with Crippen molar-refractivity contribution in [2.45, 2.75) is 20.3 Å². The zero-order valence-corrected chi connectivity index (χ0v) is 10.6. The second-order valence-electron chi connectivity index (χ2n) is 2.72.